The number of piperidine rings is 1. The highest BCUT2D eigenvalue weighted by Crippen LogP contribution is 2.26. The Morgan fingerprint density at radius 3 is 3.00 bits per heavy atom. The number of carbonyl (C=O) groups excluding carboxylic acids is 1. The molecule has 1 saturated heterocycles. The molecule has 6 heteroatoms. The van der Waals surface area contributed by atoms with E-state index in [2.05, 4.69) is 16.9 Å². The van der Waals surface area contributed by atoms with Crippen molar-refractivity contribution in [2.24, 2.45) is 0 Å². The fourth-order valence-corrected chi connectivity index (χ4v) is 4.18. The van der Waals surface area contributed by atoms with E-state index in [1.165, 1.54) is 11.6 Å². The molecule has 1 fully saturated rings. The van der Waals surface area contributed by atoms with Crippen LogP contribution in [0.5, 0.6) is 0 Å². The number of hydrogen-bond acceptors (Lipinski definition) is 4. The van der Waals surface area contributed by atoms with Gasteiger partial charge in [-0.1, -0.05) is 18.2 Å². The molecule has 0 bridgehead atoms. The van der Waals surface area contributed by atoms with Gasteiger partial charge in [-0.3, -0.25) is 4.79 Å². The van der Waals surface area contributed by atoms with Gasteiger partial charge >= 0.3 is 0 Å². The van der Waals surface area contributed by atoms with Crippen LogP contribution in [0.1, 0.15) is 47.8 Å². The summed E-state index contributed by atoms with van der Waals surface area (Å²) < 4.78 is 13.8. The molecule has 1 aromatic heterocycles. The van der Waals surface area contributed by atoms with Gasteiger partial charge in [0.2, 0.25) is 5.91 Å². The van der Waals surface area contributed by atoms with Crippen molar-refractivity contribution in [2.45, 2.75) is 44.6 Å². The molecule has 4 rings (SSSR count). The second-order valence-electron chi connectivity index (χ2n) is 7.96. The van der Waals surface area contributed by atoms with Crippen molar-refractivity contribution in [1.82, 2.24) is 19.8 Å². The van der Waals surface area contributed by atoms with E-state index in [4.69, 9.17) is 4.98 Å². The minimum atomic E-state index is -0.236. The van der Waals surface area contributed by atoms with Gasteiger partial charge in [0.25, 0.3) is 0 Å². The third-order valence-corrected chi connectivity index (χ3v) is 5.85. The first-order valence-corrected chi connectivity index (χ1v) is 10.1. The average Bonchev–Trinajstić information content (AvgIpc) is 2.72. The van der Waals surface area contributed by atoms with Crippen LogP contribution in [-0.2, 0) is 24.2 Å². The maximum atomic E-state index is 13.8. The van der Waals surface area contributed by atoms with Crippen LogP contribution < -0.4 is 0 Å². The molecule has 28 heavy (non-hydrogen) atoms. The normalized spacial score (nSPS) is 20.1. The van der Waals surface area contributed by atoms with Gasteiger partial charge in [0.15, 0.2) is 0 Å². The van der Waals surface area contributed by atoms with Crippen LogP contribution in [0.15, 0.2) is 30.5 Å². The van der Waals surface area contributed by atoms with E-state index in [9.17, 15) is 9.18 Å². The lowest BCUT2D eigenvalue weighted by Gasteiger charge is -2.33. The summed E-state index contributed by atoms with van der Waals surface area (Å²) in [6, 6.07) is 6.68. The number of aryl methyl sites for hydroxylation is 1. The lowest BCUT2D eigenvalue weighted by atomic mass is 9.96. The summed E-state index contributed by atoms with van der Waals surface area (Å²) in [6.07, 6.45) is 5.67. The predicted octanol–water partition coefficient (Wildman–Crippen LogP) is 2.94. The van der Waals surface area contributed by atoms with Crippen LogP contribution in [0.4, 0.5) is 4.39 Å². The largest absolute Gasteiger partial charge is 0.342 e. The summed E-state index contributed by atoms with van der Waals surface area (Å²) in [5.74, 6) is 0.915. The van der Waals surface area contributed by atoms with Crippen molar-refractivity contribution in [1.29, 1.82) is 0 Å². The van der Waals surface area contributed by atoms with E-state index in [0.717, 1.165) is 50.4 Å². The quantitative estimate of drug-likeness (QED) is 0.816. The number of halogens is 1. The topological polar surface area (TPSA) is 49.3 Å². The van der Waals surface area contributed by atoms with Gasteiger partial charge in [0.1, 0.15) is 11.6 Å². The fraction of sp³-hybridized carbons (Fsp3) is 0.500. The third kappa shape index (κ3) is 4.22. The Balaban J connectivity index is 1.39. The molecule has 148 valence electrons. The van der Waals surface area contributed by atoms with Crippen LogP contribution in [0.3, 0.4) is 0 Å². The van der Waals surface area contributed by atoms with E-state index in [0.29, 0.717) is 24.9 Å². The molecule has 0 spiro atoms. The molecule has 1 unspecified atom stereocenters. The summed E-state index contributed by atoms with van der Waals surface area (Å²) in [5.41, 5.74) is 2.98. The molecule has 0 aliphatic carbocycles. The average molecular weight is 382 g/mol. The van der Waals surface area contributed by atoms with E-state index in [-0.39, 0.29) is 17.6 Å². The molecule has 2 aromatic rings. The van der Waals surface area contributed by atoms with E-state index in [1.807, 2.05) is 17.2 Å². The van der Waals surface area contributed by atoms with Crippen molar-refractivity contribution in [3.8, 4) is 0 Å². The number of fused-ring (bicyclic) bond motifs is 1. The highest BCUT2D eigenvalue weighted by molar-refractivity contribution is 5.76. The molecule has 1 aromatic carbocycles. The van der Waals surface area contributed by atoms with Gasteiger partial charge in [0.05, 0.1) is 0 Å². The third-order valence-electron chi connectivity index (χ3n) is 5.85. The van der Waals surface area contributed by atoms with Gasteiger partial charge in [-0.2, -0.15) is 0 Å². The van der Waals surface area contributed by atoms with Crippen LogP contribution in [0, 0.1) is 5.82 Å². The van der Waals surface area contributed by atoms with E-state index < -0.39 is 0 Å². The Hall–Kier alpha value is -2.34. The lowest BCUT2D eigenvalue weighted by molar-refractivity contribution is -0.132. The number of nitrogens with zero attached hydrogens (tertiary/aromatic N) is 4. The number of carbonyl (C=O) groups is 1. The van der Waals surface area contributed by atoms with Crippen LogP contribution in [-0.4, -0.2) is 52.4 Å². The Bertz CT molecular complexity index is 856. The van der Waals surface area contributed by atoms with Crippen molar-refractivity contribution >= 4 is 5.91 Å². The molecule has 0 N–H and O–H groups in total. The standard InChI is InChI=1S/C22H27FN4O/c1-26-12-10-20-18(14-26)13-24-22(25-20)17-6-4-11-27(15-17)21(28)9-8-16-5-2-3-7-19(16)23/h2-3,5,7,13,17H,4,6,8-12,14-15H2,1H3. The van der Waals surface area contributed by atoms with Crippen LogP contribution >= 0.6 is 0 Å². The van der Waals surface area contributed by atoms with Crippen molar-refractivity contribution in [3.05, 3.63) is 58.9 Å². The number of likely N-dealkylation sites (N-methyl/N-ethyl adjacent to an activating group) is 1. The first-order valence-electron chi connectivity index (χ1n) is 10.1. The van der Waals surface area contributed by atoms with Crippen molar-refractivity contribution in [3.63, 3.8) is 0 Å². The highest BCUT2D eigenvalue weighted by Gasteiger charge is 2.27. The maximum Gasteiger partial charge on any atom is 0.222 e. The predicted molar refractivity (Wildman–Crippen MR) is 105 cm³/mol. The Morgan fingerprint density at radius 1 is 1.29 bits per heavy atom. The molecule has 3 heterocycles. The molecular weight excluding hydrogens is 355 g/mol. The van der Waals surface area contributed by atoms with Crippen LogP contribution in [0.25, 0.3) is 0 Å². The number of likely N-dealkylation sites (tertiary alicyclic amines) is 1. The second-order valence-corrected chi connectivity index (χ2v) is 7.96. The first-order chi connectivity index (χ1) is 13.6. The second kappa shape index (κ2) is 8.35. The van der Waals surface area contributed by atoms with E-state index in [1.54, 1.807) is 12.1 Å². The fourth-order valence-electron chi connectivity index (χ4n) is 4.18. The number of benzene rings is 1. The number of rotatable bonds is 4. The zero-order valence-corrected chi connectivity index (χ0v) is 16.4. The molecule has 0 radical (unpaired) electrons. The number of aromatic nitrogens is 2. The summed E-state index contributed by atoms with van der Waals surface area (Å²) in [7, 11) is 2.11. The van der Waals surface area contributed by atoms with Gasteiger partial charge < -0.3 is 9.80 Å². The molecule has 1 amide bonds. The highest BCUT2D eigenvalue weighted by atomic mass is 19.1. The lowest BCUT2D eigenvalue weighted by Crippen LogP contribution is -2.40. The summed E-state index contributed by atoms with van der Waals surface area (Å²) >= 11 is 0. The Morgan fingerprint density at radius 2 is 2.14 bits per heavy atom. The zero-order valence-electron chi connectivity index (χ0n) is 16.4. The minimum Gasteiger partial charge on any atom is -0.342 e. The summed E-state index contributed by atoms with van der Waals surface area (Å²) in [5, 5.41) is 0. The SMILES string of the molecule is CN1CCc2nc(C3CCCN(C(=O)CCc4ccccc4F)C3)ncc2C1. The number of hydrogen-bond donors (Lipinski definition) is 0. The Labute approximate surface area is 165 Å². The van der Waals surface area contributed by atoms with Gasteiger partial charge in [-0.15, -0.1) is 0 Å². The van der Waals surface area contributed by atoms with Crippen molar-refractivity contribution in [2.75, 3.05) is 26.7 Å². The molecule has 0 saturated carbocycles. The smallest absolute Gasteiger partial charge is 0.222 e. The minimum absolute atomic E-state index is 0.0903. The summed E-state index contributed by atoms with van der Waals surface area (Å²) in [6.45, 7) is 3.35. The van der Waals surface area contributed by atoms with Gasteiger partial charge in [0, 0.05) is 62.4 Å². The molecule has 1 atom stereocenters. The summed E-state index contributed by atoms with van der Waals surface area (Å²) in [4.78, 5) is 26.3. The molecule has 5 nitrogen and oxygen atoms in total. The van der Waals surface area contributed by atoms with E-state index >= 15 is 0 Å². The van der Waals surface area contributed by atoms with Crippen LogP contribution in [0.2, 0.25) is 0 Å². The first kappa shape index (κ1) is 19.0. The molecule has 2 aliphatic rings. The maximum absolute atomic E-state index is 13.8. The molecular formula is C22H27FN4O. The molecule has 2 aliphatic heterocycles. The zero-order chi connectivity index (χ0) is 19.5. The Kier molecular flexibility index (Phi) is 5.67. The van der Waals surface area contributed by atoms with Crippen molar-refractivity contribution < 1.29 is 9.18 Å². The monoisotopic (exact) mass is 382 g/mol. The van der Waals surface area contributed by atoms with Gasteiger partial charge in [-0.25, -0.2) is 14.4 Å². The number of amides is 1. The van der Waals surface area contributed by atoms with Gasteiger partial charge in [-0.05, 0) is 37.9 Å².